The Labute approximate surface area is 128 Å². The number of esters is 1. The lowest BCUT2D eigenvalue weighted by Gasteiger charge is -2.28. The number of allylic oxidation sites excluding steroid dienone is 1. The van der Waals surface area contributed by atoms with Gasteiger partial charge >= 0.3 is 5.97 Å². The van der Waals surface area contributed by atoms with Crippen molar-refractivity contribution in [1.82, 2.24) is 0 Å². The third-order valence-electron chi connectivity index (χ3n) is 3.47. The summed E-state index contributed by atoms with van der Waals surface area (Å²) >= 11 is 0. The van der Waals surface area contributed by atoms with Gasteiger partial charge in [-0.25, -0.2) is 4.79 Å². The Bertz CT molecular complexity index is 567. The van der Waals surface area contributed by atoms with Gasteiger partial charge in [0.2, 0.25) is 0 Å². The molecule has 2 rings (SSSR count). The lowest BCUT2D eigenvalue weighted by molar-refractivity contribution is -0.139. The minimum atomic E-state index is -3.07. The van der Waals surface area contributed by atoms with E-state index in [2.05, 4.69) is 5.32 Å². The van der Waals surface area contributed by atoms with Crippen molar-refractivity contribution in [3.05, 3.63) is 35.5 Å². The van der Waals surface area contributed by atoms with Gasteiger partial charge in [-0.05, 0) is 44.0 Å². The number of rotatable bonds is 5. The Hall–Kier alpha value is -2.11. The normalized spacial score (nSPS) is 17.1. The highest BCUT2D eigenvalue weighted by Gasteiger charge is 2.41. The van der Waals surface area contributed by atoms with Crippen LogP contribution in [-0.4, -0.2) is 25.6 Å². The molecule has 1 aromatic rings. The molecule has 0 unspecified atom stereocenters. The molecule has 0 saturated carbocycles. The number of carbonyl (C=O) groups is 1. The molecule has 0 aliphatic heterocycles. The van der Waals surface area contributed by atoms with Crippen LogP contribution >= 0.6 is 0 Å². The molecule has 1 aliphatic rings. The number of ether oxygens (including phenoxy) is 2. The van der Waals surface area contributed by atoms with Crippen LogP contribution in [0.15, 0.2) is 35.5 Å². The van der Waals surface area contributed by atoms with Crippen LogP contribution in [0, 0.1) is 0 Å². The minimum Gasteiger partial charge on any atom is -0.497 e. The lowest BCUT2D eigenvalue weighted by Crippen LogP contribution is -2.32. The third kappa shape index (κ3) is 3.55. The van der Waals surface area contributed by atoms with Crippen LogP contribution < -0.4 is 10.1 Å². The quantitative estimate of drug-likeness (QED) is 0.842. The van der Waals surface area contributed by atoms with Crippen LogP contribution in [0.2, 0.25) is 0 Å². The van der Waals surface area contributed by atoms with E-state index in [9.17, 15) is 13.6 Å². The molecule has 0 fully saturated rings. The largest absolute Gasteiger partial charge is 0.497 e. The summed E-state index contributed by atoms with van der Waals surface area (Å²) in [6.07, 6.45) is 0.260. The van der Waals surface area contributed by atoms with Crippen molar-refractivity contribution in [2.75, 3.05) is 19.0 Å². The summed E-state index contributed by atoms with van der Waals surface area (Å²) in [5.74, 6) is -3.13. The first-order chi connectivity index (χ1) is 10.5. The number of hydrogen-bond donors (Lipinski definition) is 1. The first kappa shape index (κ1) is 16.3. The predicted molar refractivity (Wildman–Crippen MR) is 79.1 cm³/mol. The molecule has 0 aromatic heterocycles. The SMILES string of the molecule is CCOC(=O)C1=C(Nc2ccc(OC)cc2)C(F)(F)CCC1. The highest BCUT2D eigenvalue weighted by atomic mass is 19.3. The van der Waals surface area contributed by atoms with E-state index in [1.54, 1.807) is 31.2 Å². The number of nitrogens with one attached hydrogen (secondary N) is 1. The molecular weight excluding hydrogens is 292 g/mol. The van der Waals surface area contributed by atoms with Crippen LogP contribution in [-0.2, 0) is 9.53 Å². The Balaban J connectivity index is 2.32. The molecule has 0 amide bonds. The second-order valence-corrected chi connectivity index (χ2v) is 4.99. The van der Waals surface area contributed by atoms with E-state index < -0.39 is 11.9 Å². The molecule has 22 heavy (non-hydrogen) atoms. The smallest absolute Gasteiger partial charge is 0.335 e. The van der Waals surface area contributed by atoms with Crippen molar-refractivity contribution in [3.8, 4) is 5.75 Å². The molecular formula is C16H19F2NO3. The van der Waals surface area contributed by atoms with Gasteiger partial charge < -0.3 is 14.8 Å². The zero-order chi connectivity index (χ0) is 16.2. The van der Waals surface area contributed by atoms with Crippen LogP contribution in [0.4, 0.5) is 14.5 Å². The van der Waals surface area contributed by atoms with Crippen LogP contribution in [0.1, 0.15) is 26.2 Å². The Morgan fingerprint density at radius 2 is 2.00 bits per heavy atom. The molecule has 0 spiro atoms. The van der Waals surface area contributed by atoms with Crippen LogP contribution in [0.3, 0.4) is 0 Å². The molecule has 1 aliphatic carbocycles. The second kappa shape index (κ2) is 6.77. The van der Waals surface area contributed by atoms with E-state index in [-0.39, 0.29) is 37.1 Å². The summed E-state index contributed by atoms with van der Waals surface area (Å²) in [7, 11) is 1.53. The van der Waals surface area contributed by atoms with Gasteiger partial charge in [0.15, 0.2) is 0 Å². The zero-order valence-corrected chi connectivity index (χ0v) is 12.6. The Morgan fingerprint density at radius 3 is 2.59 bits per heavy atom. The summed E-state index contributed by atoms with van der Waals surface area (Å²) in [5.41, 5.74) is 0.135. The highest BCUT2D eigenvalue weighted by Crippen LogP contribution is 2.39. The molecule has 0 radical (unpaired) electrons. The first-order valence-electron chi connectivity index (χ1n) is 7.17. The summed E-state index contributed by atoms with van der Waals surface area (Å²) in [5, 5.41) is 2.69. The first-order valence-corrected chi connectivity index (χ1v) is 7.17. The van der Waals surface area contributed by atoms with Gasteiger partial charge in [0.1, 0.15) is 5.75 Å². The lowest BCUT2D eigenvalue weighted by atomic mass is 9.92. The number of benzene rings is 1. The Morgan fingerprint density at radius 1 is 1.32 bits per heavy atom. The predicted octanol–water partition coefficient (Wildman–Crippen LogP) is 3.74. The van der Waals surface area contributed by atoms with Crippen molar-refractivity contribution in [1.29, 1.82) is 0 Å². The monoisotopic (exact) mass is 311 g/mol. The highest BCUT2D eigenvalue weighted by molar-refractivity contribution is 5.90. The summed E-state index contributed by atoms with van der Waals surface area (Å²) in [4.78, 5) is 11.9. The standard InChI is InChI=1S/C16H19F2NO3/c1-3-22-15(20)13-5-4-10-16(17,18)14(13)19-11-6-8-12(21-2)9-7-11/h6-9,19H,3-5,10H2,1-2H3. The second-order valence-electron chi connectivity index (χ2n) is 4.99. The van der Waals surface area contributed by atoms with E-state index in [4.69, 9.17) is 9.47 Å². The molecule has 6 heteroatoms. The summed E-state index contributed by atoms with van der Waals surface area (Å²) in [6.45, 7) is 1.81. The number of hydrogen-bond acceptors (Lipinski definition) is 4. The number of alkyl halides is 2. The molecule has 0 heterocycles. The van der Waals surface area contributed by atoms with Crippen molar-refractivity contribution >= 4 is 11.7 Å². The van der Waals surface area contributed by atoms with Gasteiger partial charge in [-0.3, -0.25) is 0 Å². The average molecular weight is 311 g/mol. The maximum Gasteiger partial charge on any atom is 0.335 e. The van der Waals surface area contributed by atoms with Crippen molar-refractivity contribution in [2.24, 2.45) is 0 Å². The average Bonchev–Trinajstić information content (AvgIpc) is 2.50. The van der Waals surface area contributed by atoms with E-state index in [1.165, 1.54) is 7.11 Å². The van der Waals surface area contributed by atoms with Gasteiger partial charge in [0.25, 0.3) is 5.92 Å². The molecule has 120 valence electrons. The molecule has 0 saturated heterocycles. The van der Waals surface area contributed by atoms with Crippen molar-refractivity contribution < 1.29 is 23.0 Å². The molecule has 1 aromatic carbocycles. The van der Waals surface area contributed by atoms with E-state index in [1.807, 2.05) is 0 Å². The fourth-order valence-corrected chi connectivity index (χ4v) is 2.37. The van der Waals surface area contributed by atoms with Crippen LogP contribution in [0.5, 0.6) is 5.75 Å². The van der Waals surface area contributed by atoms with E-state index >= 15 is 0 Å². The molecule has 1 N–H and O–H groups in total. The van der Waals surface area contributed by atoms with E-state index in [0.717, 1.165) is 0 Å². The van der Waals surface area contributed by atoms with Gasteiger partial charge in [-0.1, -0.05) is 0 Å². The summed E-state index contributed by atoms with van der Waals surface area (Å²) < 4.78 is 38.3. The minimum absolute atomic E-state index is 0.0221. The van der Waals surface area contributed by atoms with Gasteiger partial charge in [0, 0.05) is 12.1 Å². The topological polar surface area (TPSA) is 47.6 Å². The maximum atomic E-state index is 14.2. The fourth-order valence-electron chi connectivity index (χ4n) is 2.37. The molecule has 0 atom stereocenters. The van der Waals surface area contributed by atoms with Crippen molar-refractivity contribution in [3.63, 3.8) is 0 Å². The number of carbonyl (C=O) groups excluding carboxylic acids is 1. The van der Waals surface area contributed by atoms with Gasteiger partial charge in [-0.2, -0.15) is 8.78 Å². The molecule has 4 nitrogen and oxygen atoms in total. The maximum absolute atomic E-state index is 14.2. The molecule has 0 bridgehead atoms. The summed E-state index contributed by atoms with van der Waals surface area (Å²) in [6, 6.07) is 6.57. The fraction of sp³-hybridized carbons (Fsp3) is 0.438. The Kier molecular flexibility index (Phi) is 5.00. The zero-order valence-electron chi connectivity index (χ0n) is 12.6. The number of halogens is 2. The number of anilines is 1. The van der Waals surface area contributed by atoms with Gasteiger partial charge in [0.05, 0.1) is 25.0 Å². The van der Waals surface area contributed by atoms with Crippen molar-refractivity contribution in [2.45, 2.75) is 32.1 Å². The van der Waals surface area contributed by atoms with Crippen LogP contribution in [0.25, 0.3) is 0 Å². The van der Waals surface area contributed by atoms with E-state index in [0.29, 0.717) is 11.4 Å². The van der Waals surface area contributed by atoms with Gasteiger partial charge in [-0.15, -0.1) is 0 Å². The number of methoxy groups -OCH3 is 1. The third-order valence-corrected chi connectivity index (χ3v) is 3.47.